The maximum atomic E-state index is 11.4. The molecule has 1 aliphatic rings. The van der Waals surface area contributed by atoms with Crippen LogP contribution >= 0.6 is 0 Å². The van der Waals surface area contributed by atoms with Gasteiger partial charge in [-0.3, -0.25) is 0 Å². The summed E-state index contributed by atoms with van der Waals surface area (Å²) >= 11 is 0. The Labute approximate surface area is 118 Å². The molecule has 1 fully saturated rings. The van der Waals surface area contributed by atoms with Crippen molar-refractivity contribution in [2.45, 2.75) is 30.7 Å². The van der Waals surface area contributed by atoms with Crippen molar-refractivity contribution in [3.05, 3.63) is 36.2 Å². The maximum Gasteiger partial charge on any atom is 0.207 e. The van der Waals surface area contributed by atoms with Crippen LogP contribution in [0.1, 0.15) is 24.6 Å². The van der Waals surface area contributed by atoms with Crippen LogP contribution < -0.4 is 5.32 Å². The minimum atomic E-state index is -3.15. The van der Waals surface area contributed by atoms with Crippen molar-refractivity contribution >= 4 is 21.5 Å². The zero-order valence-electron chi connectivity index (χ0n) is 11.5. The molecule has 1 heterocycles. The highest BCUT2D eigenvalue weighted by molar-refractivity contribution is 7.90. The third-order valence-electron chi connectivity index (χ3n) is 3.33. The molecule has 0 atom stereocenters. The number of nitrogens with zero attached hydrogens (tertiary/aromatic N) is 2. The van der Waals surface area contributed by atoms with Crippen LogP contribution in [0.15, 0.2) is 35.4 Å². The fourth-order valence-electron chi connectivity index (χ4n) is 2.15. The van der Waals surface area contributed by atoms with E-state index < -0.39 is 9.84 Å². The molecule has 1 aromatic heterocycles. The number of hydrogen-bond acceptors (Lipinski definition) is 4. The van der Waals surface area contributed by atoms with E-state index in [0.29, 0.717) is 10.9 Å². The van der Waals surface area contributed by atoms with E-state index in [1.54, 1.807) is 24.3 Å². The van der Waals surface area contributed by atoms with Gasteiger partial charge in [-0.1, -0.05) is 0 Å². The van der Waals surface area contributed by atoms with E-state index in [1.807, 2.05) is 13.1 Å². The van der Waals surface area contributed by atoms with Gasteiger partial charge < -0.3 is 9.88 Å². The number of nitrogens with one attached hydrogen (secondary N) is 1. The van der Waals surface area contributed by atoms with Gasteiger partial charge in [0.1, 0.15) is 0 Å². The number of hydrogen-bond donors (Lipinski definition) is 1. The van der Waals surface area contributed by atoms with Crippen LogP contribution in [0.25, 0.3) is 0 Å². The van der Waals surface area contributed by atoms with Crippen molar-refractivity contribution in [1.29, 1.82) is 0 Å². The first-order valence-electron chi connectivity index (χ1n) is 6.56. The molecule has 1 aromatic carbocycles. The van der Waals surface area contributed by atoms with Crippen molar-refractivity contribution in [2.24, 2.45) is 0 Å². The summed E-state index contributed by atoms with van der Waals surface area (Å²) in [4.78, 5) is 4.80. The number of imidazole rings is 1. The Hall–Kier alpha value is -1.82. The highest BCUT2D eigenvalue weighted by Crippen LogP contribution is 2.37. The molecule has 6 heteroatoms. The molecule has 0 amide bonds. The van der Waals surface area contributed by atoms with Gasteiger partial charge in [-0.15, -0.1) is 0 Å². The number of sulfone groups is 1. The minimum Gasteiger partial charge on any atom is -0.326 e. The second-order valence-corrected chi connectivity index (χ2v) is 7.28. The summed E-state index contributed by atoms with van der Waals surface area (Å²) in [5, 5.41) is 3.25. The van der Waals surface area contributed by atoms with Crippen molar-refractivity contribution in [3.8, 4) is 0 Å². The first kappa shape index (κ1) is 13.2. The van der Waals surface area contributed by atoms with Crippen molar-refractivity contribution in [2.75, 3.05) is 11.6 Å². The normalized spacial score (nSPS) is 15.3. The molecule has 5 nitrogen and oxygen atoms in total. The first-order valence-corrected chi connectivity index (χ1v) is 8.45. The van der Waals surface area contributed by atoms with Gasteiger partial charge >= 0.3 is 0 Å². The second-order valence-electron chi connectivity index (χ2n) is 5.27. The van der Waals surface area contributed by atoms with E-state index in [4.69, 9.17) is 0 Å². The Bertz CT molecular complexity index is 728. The Kier molecular flexibility index (Phi) is 3.05. The Balaban J connectivity index is 1.84. The molecule has 0 spiro atoms. The van der Waals surface area contributed by atoms with E-state index in [2.05, 4.69) is 14.9 Å². The second kappa shape index (κ2) is 4.63. The standard InChI is InChI=1S/C14H17N3O2S/c1-10-9-17(12-5-6-12)14(15-10)16-11-3-7-13(8-4-11)20(2,18)19/h3-4,7-9,12H,5-6H2,1-2H3,(H,15,16). The lowest BCUT2D eigenvalue weighted by molar-refractivity contribution is 0.602. The van der Waals surface area contributed by atoms with Gasteiger partial charge in [0.05, 0.1) is 10.6 Å². The van der Waals surface area contributed by atoms with Crippen molar-refractivity contribution in [3.63, 3.8) is 0 Å². The van der Waals surface area contributed by atoms with E-state index in [-0.39, 0.29) is 0 Å². The zero-order chi connectivity index (χ0) is 14.3. The fourth-order valence-corrected chi connectivity index (χ4v) is 2.78. The number of benzene rings is 1. The van der Waals surface area contributed by atoms with E-state index in [1.165, 1.54) is 19.1 Å². The molecule has 1 aliphatic carbocycles. The lowest BCUT2D eigenvalue weighted by Gasteiger charge is -2.09. The number of aryl methyl sites for hydroxylation is 1. The highest BCUT2D eigenvalue weighted by Gasteiger charge is 2.26. The van der Waals surface area contributed by atoms with Gasteiger partial charge in [0.25, 0.3) is 0 Å². The molecule has 0 radical (unpaired) electrons. The smallest absolute Gasteiger partial charge is 0.207 e. The maximum absolute atomic E-state index is 11.4. The monoisotopic (exact) mass is 291 g/mol. The van der Waals surface area contributed by atoms with Gasteiger partial charge in [-0.2, -0.15) is 0 Å². The lowest BCUT2D eigenvalue weighted by Crippen LogP contribution is -2.02. The molecule has 0 saturated heterocycles. The first-order chi connectivity index (χ1) is 9.43. The summed E-state index contributed by atoms with van der Waals surface area (Å²) in [6, 6.07) is 7.29. The fraction of sp³-hybridized carbons (Fsp3) is 0.357. The van der Waals surface area contributed by atoms with E-state index in [9.17, 15) is 8.42 Å². The van der Waals surface area contributed by atoms with Gasteiger partial charge in [-0.25, -0.2) is 13.4 Å². The minimum absolute atomic E-state index is 0.324. The van der Waals surface area contributed by atoms with Crippen molar-refractivity contribution < 1.29 is 8.42 Å². The van der Waals surface area contributed by atoms with E-state index in [0.717, 1.165) is 17.3 Å². The van der Waals surface area contributed by atoms with Gasteiger partial charge in [0.15, 0.2) is 9.84 Å². The zero-order valence-corrected chi connectivity index (χ0v) is 12.3. The van der Waals surface area contributed by atoms with E-state index >= 15 is 0 Å². The molecule has 0 aliphatic heterocycles. The Morgan fingerprint density at radius 1 is 1.25 bits per heavy atom. The third kappa shape index (κ3) is 2.70. The molecule has 2 aromatic rings. The topological polar surface area (TPSA) is 64.0 Å². The predicted molar refractivity (Wildman–Crippen MR) is 78.1 cm³/mol. The number of rotatable bonds is 4. The van der Waals surface area contributed by atoms with Gasteiger partial charge in [0, 0.05) is 24.2 Å². The lowest BCUT2D eigenvalue weighted by atomic mass is 10.3. The van der Waals surface area contributed by atoms with Crippen LogP contribution in [-0.2, 0) is 9.84 Å². The molecule has 0 bridgehead atoms. The van der Waals surface area contributed by atoms with Crippen LogP contribution in [0.2, 0.25) is 0 Å². The summed E-state index contributed by atoms with van der Waals surface area (Å²) in [6.07, 6.45) is 5.64. The van der Waals surface area contributed by atoms with Crippen LogP contribution in [0.3, 0.4) is 0 Å². The summed E-state index contributed by atoms with van der Waals surface area (Å²) in [7, 11) is -3.15. The summed E-state index contributed by atoms with van der Waals surface area (Å²) < 4.78 is 25.0. The Morgan fingerprint density at radius 2 is 1.90 bits per heavy atom. The van der Waals surface area contributed by atoms with Crippen LogP contribution in [0.4, 0.5) is 11.6 Å². The molecular formula is C14H17N3O2S. The van der Waals surface area contributed by atoms with Crippen LogP contribution in [0.5, 0.6) is 0 Å². The quantitative estimate of drug-likeness (QED) is 0.940. The summed E-state index contributed by atoms with van der Waals surface area (Å²) in [5.74, 6) is 0.817. The summed E-state index contributed by atoms with van der Waals surface area (Å²) in [6.45, 7) is 1.97. The predicted octanol–water partition coefficient (Wildman–Crippen LogP) is 2.67. The number of anilines is 2. The molecule has 20 heavy (non-hydrogen) atoms. The molecule has 106 valence electrons. The average Bonchev–Trinajstić information content (AvgIpc) is 3.14. The van der Waals surface area contributed by atoms with Crippen LogP contribution in [0, 0.1) is 6.92 Å². The molecule has 1 saturated carbocycles. The van der Waals surface area contributed by atoms with Crippen molar-refractivity contribution in [1.82, 2.24) is 9.55 Å². The molecular weight excluding hydrogens is 274 g/mol. The highest BCUT2D eigenvalue weighted by atomic mass is 32.2. The molecule has 1 N–H and O–H groups in total. The van der Waals surface area contributed by atoms with Gasteiger partial charge in [0.2, 0.25) is 5.95 Å². The third-order valence-corrected chi connectivity index (χ3v) is 4.46. The van der Waals surface area contributed by atoms with Crippen LogP contribution in [-0.4, -0.2) is 24.2 Å². The Morgan fingerprint density at radius 3 is 2.45 bits per heavy atom. The SMILES string of the molecule is Cc1cn(C2CC2)c(Nc2ccc(S(C)(=O)=O)cc2)n1. The molecule has 0 unspecified atom stereocenters. The average molecular weight is 291 g/mol. The molecule has 3 rings (SSSR count). The number of aromatic nitrogens is 2. The largest absolute Gasteiger partial charge is 0.326 e. The van der Waals surface area contributed by atoms with Gasteiger partial charge in [-0.05, 0) is 44.0 Å². The summed E-state index contributed by atoms with van der Waals surface area (Å²) in [5.41, 5.74) is 1.82.